The lowest BCUT2D eigenvalue weighted by atomic mass is 10.1. The van der Waals surface area contributed by atoms with Crippen LogP contribution in [0.25, 0.3) is 5.69 Å². The number of aromatic nitrogens is 2. The summed E-state index contributed by atoms with van der Waals surface area (Å²) < 4.78 is 1.62. The number of nitrogens with zero attached hydrogens (tertiary/aromatic N) is 2. The first-order valence-corrected chi connectivity index (χ1v) is 7.81. The number of benzene rings is 2. The molecular weight excluding hydrogens is 326 g/mol. The predicted molar refractivity (Wildman–Crippen MR) is 92.1 cm³/mol. The highest BCUT2D eigenvalue weighted by atomic mass is 35.5. The van der Waals surface area contributed by atoms with Crippen molar-refractivity contribution in [2.75, 3.05) is 0 Å². The molecule has 1 aromatic heterocycles. The Kier molecular flexibility index (Phi) is 4.93. The number of hydrogen-bond acceptors (Lipinski definition) is 3. The molecular formula is C18H16ClN3O2. The van der Waals surface area contributed by atoms with E-state index in [2.05, 4.69) is 10.4 Å². The highest BCUT2D eigenvalue weighted by Crippen LogP contribution is 2.14. The molecule has 2 aromatic carbocycles. The molecule has 0 fully saturated rings. The molecule has 0 saturated carbocycles. The molecule has 0 saturated heterocycles. The van der Waals surface area contributed by atoms with Crippen molar-refractivity contribution in [3.05, 3.63) is 82.6 Å². The van der Waals surface area contributed by atoms with E-state index in [4.69, 9.17) is 11.6 Å². The molecule has 0 bridgehead atoms. The van der Waals surface area contributed by atoms with Crippen LogP contribution in [0.3, 0.4) is 0 Å². The van der Waals surface area contributed by atoms with Crippen molar-refractivity contribution in [1.29, 1.82) is 0 Å². The Balaban J connectivity index is 1.69. The second-order valence-electron chi connectivity index (χ2n) is 5.26. The van der Waals surface area contributed by atoms with Gasteiger partial charge < -0.3 is 10.4 Å². The van der Waals surface area contributed by atoms with Gasteiger partial charge in [0.15, 0.2) is 0 Å². The maximum Gasteiger partial charge on any atom is 0.254 e. The minimum atomic E-state index is -0.219. The largest absolute Gasteiger partial charge is 0.392 e. The quantitative estimate of drug-likeness (QED) is 0.749. The first kappa shape index (κ1) is 16.2. The lowest BCUT2D eigenvalue weighted by Gasteiger charge is -2.08. The highest BCUT2D eigenvalue weighted by molar-refractivity contribution is 6.30. The van der Waals surface area contributed by atoms with Crippen LogP contribution in [0.4, 0.5) is 0 Å². The number of carbonyl (C=O) groups excluding carboxylic acids is 1. The fourth-order valence-electron chi connectivity index (χ4n) is 2.34. The fourth-order valence-corrected chi connectivity index (χ4v) is 2.46. The third kappa shape index (κ3) is 3.64. The van der Waals surface area contributed by atoms with Crippen molar-refractivity contribution in [2.45, 2.75) is 13.2 Å². The number of nitrogens with one attached hydrogen (secondary N) is 1. The number of rotatable bonds is 5. The summed E-state index contributed by atoms with van der Waals surface area (Å²) in [7, 11) is 0. The summed E-state index contributed by atoms with van der Waals surface area (Å²) in [6.07, 6.45) is 3.18. The first-order chi connectivity index (χ1) is 11.7. The van der Waals surface area contributed by atoms with Crippen LogP contribution in [0.15, 0.2) is 60.9 Å². The van der Waals surface area contributed by atoms with E-state index < -0.39 is 0 Å². The van der Waals surface area contributed by atoms with E-state index in [0.29, 0.717) is 17.1 Å². The number of hydrogen-bond donors (Lipinski definition) is 2. The van der Waals surface area contributed by atoms with Gasteiger partial charge in [0.05, 0.1) is 24.1 Å². The average Bonchev–Trinajstić information content (AvgIpc) is 3.10. The van der Waals surface area contributed by atoms with E-state index in [1.165, 1.54) is 6.20 Å². The Hall–Kier alpha value is -2.63. The third-order valence-electron chi connectivity index (χ3n) is 3.66. The van der Waals surface area contributed by atoms with E-state index >= 15 is 0 Å². The molecule has 3 aromatic rings. The van der Waals surface area contributed by atoms with Crippen LogP contribution >= 0.6 is 11.6 Å². The van der Waals surface area contributed by atoms with Gasteiger partial charge in [0.2, 0.25) is 0 Å². The molecule has 5 nitrogen and oxygen atoms in total. The second kappa shape index (κ2) is 7.29. The van der Waals surface area contributed by atoms with Crippen molar-refractivity contribution >= 4 is 17.5 Å². The fraction of sp³-hybridized carbons (Fsp3) is 0.111. The van der Waals surface area contributed by atoms with Crippen LogP contribution in [0.2, 0.25) is 5.02 Å². The monoisotopic (exact) mass is 341 g/mol. The van der Waals surface area contributed by atoms with Gasteiger partial charge in [-0.15, -0.1) is 0 Å². The molecule has 3 rings (SSSR count). The number of amides is 1. The zero-order chi connectivity index (χ0) is 16.9. The summed E-state index contributed by atoms with van der Waals surface area (Å²) in [6, 6.07) is 14.6. The van der Waals surface area contributed by atoms with Crippen molar-refractivity contribution in [3.8, 4) is 5.69 Å². The summed E-state index contributed by atoms with van der Waals surface area (Å²) in [6.45, 7) is 0.294. The van der Waals surface area contributed by atoms with E-state index in [0.717, 1.165) is 16.8 Å². The second-order valence-corrected chi connectivity index (χ2v) is 5.70. The minimum Gasteiger partial charge on any atom is -0.392 e. The first-order valence-electron chi connectivity index (χ1n) is 7.44. The van der Waals surface area contributed by atoms with Crippen LogP contribution in [0.1, 0.15) is 21.5 Å². The van der Waals surface area contributed by atoms with Gasteiger partial charge in [-0.25, -0.2) is 4.68 Å². The van der Waals surface area contributed by atoms with Gasteiger partial charge in [-0.05, 0) is 35.4 Å². The molecule has 0 radical (unpaired) electrons. The molecule has 0 aliphatic heterocycles. The van der Waals surface area contributed by atoms with Gasteiger partial charge in [-0.1, -0.05) is 35.9 Å². The van der Waals surface area contributed by atoms with Crippen LogP contribution < -0.4 is 5.32 Å². The summed E-state index contributed by atoms with van der Waals surface area (Å²) in [5.74, 6) is -0.219. The molecule has 2 N–H and O–H groups in total. The normalized spacial score (nSPS) is 10.6. The van der Waals surface area contributed by atoms with Gasteiger partial charge in [0.1, 0.15) is 0 Å². The number of carbonyl (C=O) groups is 1. The topological polar surface area (TPSA) is 67.2 Å². The average molecular weight is 342 g/mol. The predicted octanol–water partition coefficient (Wildman–Crippen LogP) is 2.95. The van der Waals surface area contributed by atoms with Crippen molar-refractivity contribution in [1.82, 2.24) is 15.1 Å². The molecule has 0 spiro atoms. The number of halogens is 1. The minimum absolute atomic E-state index is 0.0550. The van der Waals surface area contributed by atoms with E-state index in [9.17, 15) is 9.90 Å². The highest BCUT2D eigenvalue weighted by Gasteiger charge is 2.10. The Morgan fingerprint density at radius 2 is 1.83 bits per heavy atom. The summed E-state index contributed by atoms with van der Waals surface area (Å²) in [5, 5.41) is 17.0. The van der Waals surface area contributed by atoms with Crippen LogP contribution in [-0.4, -0.2) is 20.8 Å². The Morgan fingerprint density at radius 1 is 1.12 bits per heavy atom. The molecule has 0 atom stereocenters. The molecule has 0 unspecified atom stereocenters. The molecule has 1 amide bonds. The van der Waals surface area contributed by atoms with Gasteiger partial charge in [-0.3, -0.25) is 4.79 Å². The number of aliphatic hydroxyl groups is 1. The zero-order valence-corrected chi connectivity index (χ0v) is 13.6. The number of aliphatic hydroxyl groups excluding tert-OH is 1. The van der Waals surface area contributed by atoms with Crippen molar-refractivity contribution in [2.24, 2.45) is 0 Å². The smallest absolute Gasteiger partial charge is 0.254 e. The molecule has 0 aliphatic rings. The van der Waals surface area contributed by atoms with Crippen molar-refractivity contribution in [3.63, 3.8) is 0 Å². The summed E-state index contributed by atoms with van der Waals surface area (Å²) in [4.78, 5) is 12.3. The standard InChI is InChI=1S/C18H16ClN3O2/c19-16-5-7-17(8-6-16)22-11-15(10-21-22)18(24)20-9-13-3-1-2-4-14(13)12-23/h1-8,10-11,23H,9,12H2,(H,20,24). The maximum atomic E-state index is 12.3. The third-order valence-corrected chi connectivity index (χ3v) is 3.92. The molecule has 122 valence electrons. The van der Waals surface area contributed by atoms with Crippen LogP contribution in [0.5, 0.6) is 0 Å². The lowest BCUT2D eigenvalue weighted by molar-refractivity contribution is 0.0950. The summed E-state index contributed by atoms with van der Waals surface area (Å²) in [5.41, 5.74) is 2.98. The van der Waals surface area contributed by atoms with E-state index in [1.807, 2.05) is 36.4 Å². The molecule has 0 aliphatic carbocycles. The Morgan fingerprint density at radius 3 is 2.54 bits per heavy atom. The SMILES string of the molecule is O=C(NCc1ccccc1CO)c1cnn(-c2ccc(Cl)cc2)c1. The molecule has 24 heavy (non-hydrogen) atoms. The molecule has 1 heterocycles. The van der Waals surface area contributed by atoms with E-state index in [1.54, 1.807) is 23.0 Å². The lowest BCUT2D eigenvalue weighted by Crippen LogP contribution is -2.23. The van der Waals surface area contributed by atoms with Gasteiger partial charge in [-0.2, -0.15) is 5.10 Å². The summed E-state index contributed by atoms with van der Waals surface area (Å²) >= 11 is 5.87. The zero-order valence-electron chi connectivity index (χ0n) is 12.8. The van der Waals surface area contributed by atoms with E-state index in [-0.39, 0.29) is 12.5 Å². The molecule has 6 heteroatoms. The van der Waals surface area contributed by atoms with Crippen LogP contribution in [-0.2, 0) is 13.2 Å². The maximum absolute atomic E-state index is 12.3. The Bertz CT molecular complexity index is 843. The van der Waals surface area contributed by atoms with Crippen molar-refractivity contribution < 1.29 is 9.90 Å². The van der Waals surface area contributed by atoms with Gasteiger partial charge >= 0.3 is 0 Å². The van der Waals surface area contributed by atoms with Gasteiger partial charge in [0.25, 0.3) is 5.91 Å². The van der Waals surface area contributed by atoms with Gasteiger partial charge in [0, 0.05) is 17.8 Å². The van der Waals surface area contributed by atoms with Crippen LogP contribution in [0, 0.1) is 0 Å². The Labute approximate surface area is 144 Å².